The number of nitrogens with zero attached hydrogens (tertiary/aromatic N) is 4. The maximum absolute atomic E-state index is 12.6. The van der Waals surface area contributed by atoms with Crippen molar-refractivity contribution in [2.24, 2.45) is 10.1 Å². The Hall–Kier alpha value is -3.46. The number of ether oxygens (including phenoxy) is 1. The Morgan fingerprint density at radius 2 is 1.82 bits per heavy atom. The number of amides is 1. The number of carbonyl (C=O) groups is 1. The third-order valence-corrected chi connectivity index (χ3v) is 6.66. The SMILES string of the molecule is N=C1/C(=C/c2ccc(OCc3c(Cl)cccc3Cl)cc2)C(=O)N=C2SC(c3cccnc3)=NN12. The number of rotatable bonds is 5. The molecule has 0 saturated heterocycles. The molecule has 0 aliphatic carbocycles. The van der Waals surface area contributed by atoms with Gasteiger partial charge in [-0.25, -0.2) is 0 Å². The molecule has 0 unspecified atom stereocenters. The van der Waals surface area contributed by atoms with Gasteiger partial charge in [0.25, 0.3) is 5.91 Å². The summed E-state index contributed by atoms with van der Waals surface area (Å²) in [4.78, 5) is 20.8. The maximum Gasteiger partial charge on any atom is 0.283 e. The number of pyridine rings is 1. The van der Waals surface area contributed by atoms with Gasteiger partial charge in [-0.3, -0.25) is 15.2 Å². The highest BCUT2D eigenvalue weighted by molar-refractivity contribution is 8.27. The van der Waals surface area contributed by atoms with Crippen LogP contribution in [0.3, 0.4) is 0 Å². The van der Waals surface area contributed by atoms with E-state index in [1.165, 1.54) is 16.8 Å². The van der Waals surface area contributed by atoms with Gasteiger partial charge in [-0.15, -0.1) is 0 Å². The van der Waals surface area contributed by atoms with E-state index in [1.54, 1.807) is 67.0 Å². The molecule has 10 heteroatoms. The van der Waals surface area contributed by atoms with Gasteiger partial charge < -0.3 is 4.74 Å². The van der Waals surface area contributed by atoms with Gasteiger partial charge in [-0.2, -0.15) is 15.1 Å². The zero-order valence-electron chi connectivity index (χ0n) is 17.4. The van der Waals surface area contributed by atoms with E-state index >= 15 is 0 Å². The lowest BCUT2D eigenvalue weighted by Gasteiger charge is -2.20. The molecule has 1 amide bonds. The summed E-state index contributed by atoms with van der Waals surface area (Å²) in [5, 5.41) is 16.4. The van der Waals surface area contributed by atoms with Gasteiger partial charge in [-0.05, 0) is 59.8 Å². The fraction of sp³-hybridized carbons (Fsp3) is 0.0417. The van der Waals surface area contributed by atoms with Crippen LogP contribution >= 0.6 is 35.0 Å². The molecule has 1 aromatic heterocycles. The molecule has 0 bridgehead atoms. The molecule has 168 valence electrons. The summed E-state index contributed by atoms with van der Waals surface area (Å²) >= 11 is 13.6. The van der Waals surface area contributed by atoms with Crippen molar-refractivity contribution in [3.63, 3.8) is 0 Å². The highest BCUT2D eigenvalue weighted by atomic mass is 35.5. The first-order valence-electron chi connectivity index (χ1n) is 10.1. The first-order valence-corrected chi connectivity index (χ1v) is 11.6. The van der Waals surface area contributed by atoms with Crippen LogP contribution in [0.25, 0.3) is 6.08 Å². The number of fused-ring (bicyclic) bond motifs is 1. The van der Waals surface area contributed by atoms with Crippen molar-refractivity contribution in [1.29, 1.82) is 5.41 Å². The second-order valence-electron chi connectivity index (χ2n) is 7.22. The molecule has 0 fully saturated rings. The van der Waals surface area contributed by atoms with Crippen LogP contribution in [-0.4, -0.2) is 31.9 Å². The van der Waals surface area contributed by atoms with Crippen molar-refractivity contribution in [2.75, 3.05) is 0 Å². The van der Waals surface area contributed by atoms with Crippen LogP contribution < -0.4 is 4.74 Å². The van der Waals surface area contributed by atoms with Crippen LogP contribution in [0.4, 0.5) is 0 Å². The minimum absolute atomic E-state index is 0.0323. The Balaban J connectivity index is 1.32. The predicted molar refractivity (Wildman–Crippen MR) is 136 cm³/mol. The van der Waals surface area contributed by atoms with Gasteiger partial charge in [0, 0.05) is 33.6 Å². The van der Waals surface area contributed by atoms with Gasteiger partial charge in [-0.1, -0.05) is 41.4 Å². The quantitative estimate of drug-likeness (QED) is 0.451. The van der Waals surface area contributed by atoms with E-state index in [0.717, 1.165) is 11.1 Å². The Bertz CT molecular complexity index is 1370. The van der Waals surface area contributed by atoms with Gasteiger partial charge >= 0.3 is 0 Å². The van der Waals surface area contributed by atoms with Crippen LogP contribution in [0, 0.1) is 5.41 Å². The van der Waals surface area contributed by atoms with Crippen LogP contribution in [0.1, 0.15) is 16.7 Å². The Morgan fingerprint density at radius 3 is 2.53 bits per heavy atom. The molecule has 7 nitrogen and oxygen atoms in total. The van der Waals surface area contributed by atoms with Crippen molar-refractivity contribution >= 4 is 63.0 Å². The van der Waals surface area contributed by atoms with Crippen LogP contribution in [-0.2, 0) is 11.4 Å². The van der Waals surface area contributed by atoms with Crippen molar-refractivity contribution in [3.05, 3.63) is 99.3 Å². The molecule has 34 heavy (non-hydrogen) atoms. The van der Waals surface area contributed by atoms with E-state index in [4.69, 9.17) is 33.3 Å². The first-order chi connectivity index (χ1) is 16.5. The van der Waals surface area contributed by atoms with Crippen molar-refractivity contribution in [3.8, 4) is 5.75 Å². The summed E-state index contributed by atoms with van der Waals surface area (Å²) in [6.45, 7) is 0.226. The smallest absolute Gasteiger partial charge is 0.283 e. The first kappa shape index (κ1) is 22.3. The van der Waals surface area contributed by atoms with Crippen molar-refractivity contribution in [1.82, 2.24) is 9.99 Å². The molecule has 5 rings (SSSR count). The van der Waals surface area contributed by atoms with Crippen LogP contribution in [0.15, 0.2) is 82.7 Å². The lowest BCUT2D eigenvalue weighted by molar-refractivity contribution is -0.114. The average molecular weight is 508 g/mol. The molecule has 2 aromatic carbocycles. The molecule has 3 heterocycles. The number of amidine groups is 2. The Morgan fingerprint density at radius 1 is 1.06 bits per heavy atom. The summed E-state index contributed by atoms with van der Waals surface area (Å²) in [6.07, 6.45) is 4.96. The summed E-state index contributed by atoms with van der Waals surface area (Å²) in [7, 11) is 0. The Kier molecular flexibility index (Phi) is 6.19. The second-order valence-corrected chi connectivity index (χ2v) is 9.00. The number of aromatic nitrogens is 1. The van der Waals surface area contributed by atoms with Crippen molar-refractivity contribution < 1.29 is 9.53 Å². The highest BCUT2D eigenvalue weighted by Crippen LogP contribution is 2.31. The highest BCUT2D eigenvalue weighted by Gasteiger charge is 2.36. The summed E-state index contributed by atoms with van der Waals surface area (Å²) in [5.74, 6) is 0.0975. The van der Waals surface area contributed by atoms with Gasteiger partial charge in [0.1, 0.15) is 17.4 Å². The van der Waals surface area contributed by atoms with E-state index in [2.05, 4.69) is 15.1 Å². The molecule has 2 aliphatic rings. The monoisotopic (exact) mass is 507 g/mol. The fourth-order valence-corrected chi connectivity index (χ4v) is 4.64. The van der Waals surface area contributed by atoms with Gasteiger partial charge in [0.2, 0.25) is 5.17 Å². The standard InChI is InChI=1S/C24H15Cl2N5O2S/c25-19-4-1-5-20(26)18(19)13-33-16-8-6-14(7-9-16)11-17-21(27)31-24(29-22(17)32)34-23(30-31)15-3-2-10-28-12-15/h1-12,27H,13H2/b17-11-,27-21?. The number of hydrogen-bond acceptors (Lipinski definition) is 6. The van der Waals surface area contributed by atoms with Crippen LogP contribution in [0.2, 0.25) is 10.0 Å². The molecule has 0 spiro atoms. The zero-order valence-corrected chi connectivity index (χ0v) is 19.7. The number of carbonyl (C=O) groups excluding carboxylic acids is 1. The maximum atomic E-state index is 12.6. The van der Waals surface area contributed by atoms with E-state index in [-0.39, 0.29) is 18.0 Å². The molecular weight excluding hydrogens is 493 g/mol. The minimum Gasteiger partial charge on any atom is -0.489 e. The van der Waals surface area contributed by atoms with E-state index in [9.17, 15) is 4.79 Å². The van der Waals surface area contributed by atoms with Gasteiger partial charge in [0.15, 0.2) is 5.84 Å². The molecule has 0 atom stereocenters. The molecule has 3 aromatic rings. The fourth-order valence-electron chi connectivity index (χ4n) is 3.25. The number of thioether (sulfide) groups is 1. The molecule has 0 saturated carbocycles. The van der Waals surface area contributed by atoms with Gasteiger partial charge in [0.05, 0.1) is 5.57 Å². The molecular formula is C24H15Cl2N5O2S. The number of nitrogens with one attached hydrogen (secondary N) is 1. The third-order valence-electron chi connectivity index (χ3n) is 5.00. The Labute approximate surface area is 209 Å². The van der Waals surface area contributed by atoms with E-state index < -0.39 is 5.91 Å². The molecule has 0 radical (unpaired) electrons. The average Bonchev–Trinajstić information content (AvgIpc) is 3.27. The zero-order chi connectivity index (χ0) is 23.7. The lowest BCUT2D eigenvalue weighted by Crippen LogP contribution is -2.35. The number of benzene rings is 2. The molecule has 1 N–H and O–H groups in total. The van der Waals surface area contributed by atoms with Crippen LogP contribution in [0.5, 0.6) is 5.75 Å². The van der Waals surface area contributed by atoms with E-state index in [1.807, 2.05) is 6.07 Å². The normalized spacial score (nSPS) is 16.4. The van der Waals surface area contributed by atoms with Crippen molar-refractivity contribution in [2.45, 2.75) is 6.61 Å². The van der Waals surface area contributed by atoms with E-state index in [0.29, 0.717) is 31.6 Å². The predicted octanol–water partition coefficient (Wildman–Crippen LogP) is 5.63. The topological polar surface area (TPSA) is 91.0 Å². The minimum atomic E-state index is -0.486. The summed E-state index contributed by atoms with van der Waals surface area (Å²) in [6, 6.07) is 16.1. The number of hydrogen-bond donors (Lipinski definition) is 1. The summed E-state index contributed by atoms with van der Waals surface area (Å²) < 4.78 is 5.80. The number of hydrazone groups is 1. The molecule has 2 aliphatic heterocycles. The number of aliphatic imine (C=N–C) groups is 1. The number of halogens is 2. The largest absolute Gasteiger partial charge is 0.489 e. The second kappa shape index (κ2) is 9.42. The lowest BCUT2D eigenvalue weighted by atomic mass is 10.1. The summed E-state index contributed by atoms with van der Waals surface area (Å²) in [5.41, 5.74) is 2.38. The third kappa shape index (κ3) is 4.48.